The zero-order valence-electron chi connectivity index (χ0n) is 6.61. The van der Waals surface area contributed by atoms with E-state index in [1.165, 1.54) is 5.01 Å². The molecule has 1 N–H and O–H groups in total. The van der Waals surface area contributed by atoms with Gasteiger partial charge in [-0.2, -0.15) is 0 Å². The SMILES string of the molecule is CC(C)[C@H](CO)N(C)N=O. The molecule has 0 saturated carbocycles. The first-order valence-electron chi connectivity index (χ1n) is 3.30. The van der Waals surface area contributed by atoms with Crippen LogP contribution in [0.2, 0.25) is 0 Å². The highest BCUT2D eigenvalue weighted by Gasteiger charge is 2.16. The number of aliphatic hydroxyl groups excluding tert-OH is 1. The molecule has 4 heteroatoms. The molecule has 0 aromatic heterocycles. The Morgan fingerprint density at radius 1 is 1.60 bits per heavy atom. The van der Waals surface area contributed by atoms with Crippen molar-refractivity contribution in [1.82, 2.24) is 5.01 Å². The third-order valence-corrected chi connectivity index (χ3v) is 1.57. The van der Waals surface area contributed by atoms with Crippen molar-refractivity contribution in [3.8, 4) is 0 Å². The number of likely N-dealkylation sites (N-methyl/N-ethyl adjacent to an activating group) is 1. The fourth-order valence-electron chi connectivity index (χ4n) is 0.821. The Bertz CT molecular complexity index is 106. The Morgan fingerprint density at radius 2 is 2.10 bits per heavy atom. The van der Waals surface area contributed by atoms with Gasteiger partial charge in [0.2, 0.25) is 0 Å². The summed E-state index contributed by atoms with van der Waals surface area (Å²) in [6.45, 7) is 3.84. The molecule has 0 aliphatic carbocycles. The van der Waals surface area contributed by atoms with Crippen LogP contribution < -0.4 is 0 Å². The molecule has 0 aliphatic heterocycles. The normalized spacial score (nSPS) is 13.3. The monoisotopic (exact) mass is 146 g/mol. The molecular weight excluding hydrogens is 132 g/mol. The third kappa shape index (κ3) is 2.31. The van der Waals surface area contributed by atoms with Crippen LogP contribution in [0.5, 0.6) is 0 Å². The van der Waals surface area contributed by atoms with Crippen molar-refractivity contribution < 1.29 is 5.11 Å². The molecule has 0 radical (unpaired) electrons. The van der Waals surface area contributed by atoms with Gasteiger partial charge in [-0.25, -0.2) is 0 Å². The van der Waals surface area contributed by atoms with E-state index in [1.807, 2.05) is 13.8 Å². The number of hydrogen-bond acceptors (Lipinski definition) is 3. The fourth-order valence-corrected chi connectivity index (χ4v) is 0.821. The van der Waals surface area contributed by atoms with Crippen LogP contribution >= 0.6 is 0 Å². The molecule has 0 heterocycles. The van der Waals surface area contributed by atoms with Crippen molar-refractivity contribution in [3.05, 3.63) is 4.91 Å². The largest absolute Gasteiger partial charge is 0.394 e. The summed E-state index contributed by atoms with van der Waals surface area (Å²) in [5.41, 5.74) is 0. The molecule has 0 aromatic carbocycles. The van der Waals surface area contributed by atoms with Gasteiger partial charge in [0.25, 0.3) is 0 Å². The molecule has 0 saturated heterocycles. The fraction of sp³-hybridized carbons (Fsp3) is 1.00. The Morgan fingerprint density at radius 3 is 2.20 bits per heavy atom. The maximum Gasteiger partial charge on any atom is 0.0752 e. The quantitative estimate of drug-likeness (QED) is 0.467. The Labute approximate surface area is 60.8 Å². The van der Waals surface area contributed by atoms with Crippen molar-refractivity contribution in [1.29, 1.82) is 0 Å². The summed E-state index contributed by atoms with van der Waals surface area (Å²) in [5, 5.41) is 12.7. The van der Waals surface area contributed by atoms with Crippen molar-refractivity contribution in [3.63, 3.8) is 0 Å². The summed E-state index contributed by atoms with van der Waals surface area (Å²) in [6, 6.07) is -0.155. The molecule has 0 aliphatic rings. The van der Waals surface area contributed by atoms with Gasteiger partial charge in [0.05, 0.1) is 17.9 Å². The first-order chi connectivity index (χ1) is 4.63. The van der Waals surface area contributed by atoms with Crippen LogP contribution in [0.4, 0.5) is 0 Å². The Hall–Kier alpha value is -0.640. The smallest absolute Gasteiger partial charge is 0.0752 e. The van der Waals surface area contributed by atoms with Gasteiger partial charge in [0.1, 0.15) is 0 Å². The zero-order chi connectivity index (χ0) is 8.15. The van der Waals surface area contributed by atoms with Crippen LogP contribution in [-0.4, -0.2) is 29.8 Å². The summed E-state index contributed by atoms with van der Waals surface area (Å²) in [6.07, 6.45) is 0. The maximum atomic E-state index is 9.97. The number of nitrogens with zero attached hydrogens (tertiary/aromatic N) is 2. The van der Waals surface area contributed by atoms with E-state index in [1.54, 1.807) is 7.05 Å². The zero-order valence-corrected chi connectivity index (χ0v) is 6.61. The van der Waals surface area contributed by atoms with Gasteiger partial charge in [-0.1, -0.05) is 13.8 Å². The van der Waals surface area contributed by atoms with Gasteiger partial charge in [-0.3, -0.25) is 5.01 Å². The van der Waals surface area contributed by atoms with E-state index >= 15 is 0 Å². The van der Waals surface area contributed by atoms with E-state index in [2.05, 4.69) is 5.29 Å². The van der Waals surface area contributed by atoms with Crippen molar-refractivity contribution in [2.75, 3.05) is 13.7 Å². The standard InChI is InChI=1S/C6H14N2O2/c1-5(2)6(4-9)8(3)7-10/h5-6,9H,4H2,1-3H3/t6-/m0/s1. The lowest BCUT2D eigenvalue weighted by Gasteiger charge is -2.23. The summed E-state index contributed by atoms with van der Waals surface area (Å²) < 4.78 is 0. The van der Waals surface area contributed by atoms with Crippen molar-refractivity contribution >= 4 is 0 Å². The summed E-state index contributed by atoms with van der Waals surface area (Å²) in [7, 11) is 1.56. The molecule has 60 valence electrons. The molecule has 0 spiro atoms. The number of aliphatic hydroxyl groups is 1. The number of nitroso groups, excluding NO2 is 1. The second-order valence-corrected chi connectivity index (χ2v) is 2.65. The molecule has 1 atom stereocenters. The molecule has 0 bridgehead atoms. The van der Waals surface area contributed by atoms with Crippen LogP contribution in [-0.2, 0) is 0 Å². The van der Waals surface area contributed by atoms with E-state index in [0.29, 0.717) is 0 Å². The van der Waals surface area contributed by atoms with Crippen molar-refractivity contribution in [2.24, 2.45) is 11.2 Å². The van der Waals surface area contributed by atoms with Crippen LogP contribution in [0.1, 0.15) is 13.8 Å². The van der Waals surface area contributed by atoms with E-state index in [0.717, 1.165) is 0 Å². The Kier molecular flexibility index (Phi) is 3.95. The van der Waals surface area contributed by atoms with Crippen LogP contribution in [0.15, 0.2) is 5.29 Å². The molecule has 0 aromatic rings. The predicted octanol–water partition coefficient (Wildman–Crippen LogP) is 0.617. The molecular formula is C6H14N2O2. The molecule has 10 heavy (non-hydrogen) atoms. The first-order valence-corrected chi connectivity index (χ1v) is 3.30. The minimum absolute atomic E-state index is 0.0279. The van der Waals surface area contributed by atoms with Gasteiger partial charge in [0, 0.05) is 7.05 Å². The van der Waals surface area contributed by atoms with E-state index in [-0.39, 0.29) is 18.6 Å². The highest BCUT2D eigenvalue weighted by Crippen LogP contribution is 2.07. The minimum Gasteiger partial charge on any atom is -0.394 e. The lowest BCUT2D eigenvalue weighted by molar-refractivity contribution is 0.114. The highest BCUT2D eigenvalue weighted by molar-refractivity contribution is 4.67. The molecule has 0 unspecified atom stereocenters. The van der Waals surface area contributed by atoms with E-state index in [4.69, 9.17) is 5.11 Å². The number of rotatable bonds is 4. The summed E-state index contributed by atoms with van der Waals surface area (Å²) >= 11 is 0. The molecule has 4 nitrogen and oxygen atoms in total. The van der Waals surface area contributed by atoms with E-state index < -0.39 is 0 Å². The van der Waals surface area contributed by atoms with Crippen molar-refractivity contribution in [2.45, 2.75) is 19.9 Å². The van der Waals surface area contributed by atoms with Gasteiger partial charge in [0.15, 0.2) is 0 Å². The Balaban J connectivity index is 3.92. The predicted molar refractivity (Wildman–Crippen MR) is 39.3 cm³/mol. The summed E-state index contributed by atoms with van der Waals surface area (Å²) in [5.74, 6) is 0.243. The topological polar surface area (TPSA) is 52.9 Å². The lowest BCUT2D eigenvalue weighted by Crippen LogP contribution is -2.34. The second kappa shape index (κ2) is 4.22. The second-order valence-electron chi connectivity index (χ2n) is 2.65. The van der Waals surface area contributed by atoms with Gasteiger partial charge >= 0.3 is 0 Å². The van der Waals surface area contributed by atoms with E-state index in [9.17, 15) is 4.91 Å². The molecule has 0 amide bonds. The van der Waals surface area contributed by atoms with Crippen LogP contribution in [0, 0.1) is 10.8 Å². The number of hydrogen-bond donors (Lipinski definition) is 1. The van der Waals surface area contributed by atoms with Crippen LogP contribution in [0.3, 0.4) is 0 Å². The molecule has 0 rings (SSSR count). The van der Waals surface area contributed by atoms with Gasteiger partial charge < -0.3 is 5.11 Å². The average Bonchev–Trinajstić information content (AvgIpc) is 1.88. The van der Waals surface area contributed by atoms with Crippen LogP contribution in [0.25, 0.3) is 0 Å². The highest BCUT2D eigenvalue weighted by atomic mass is 16.3. The summed E-state index contributed by atoms with van der Waals surface area (Å²) in [4.78, 5) is 9.97. The lowest BCUT2D eigenvalue weighted by atomic mass is 10.1. The minimum atomic E-state index is -0.155. The average molecular weight is 146 g/mol. The molecule has 0 fully saturated rings. The van der Waals surface area contributed by atoms with Gasteiger partial charge in [-0.15, -0.1) is 4.91 Å². The van der Waals surface area contributed by atoms with Gasteiger partial charge in [-0.05, 0) is 5.92 Å². The first kappa shape index (κ1) is 9.36. The maximum absolute atomic E-state index is 9.97. The third-order valence-electron chi connectivity index (χ3n) is 1.57.